The zero-order valence-electron chi connectivity index (χ0n) is 11.9. The van der Waals surface area contributed by atoms with Gasteiger partial charge in [0.05, 0.1) is 0 Å². The molecular weight excluding hydrogens is 234 g/mol. The number of hydrogen-bond acceptors (Lipinski definition) is 2. The summed E-state index contributed by atoms with van der Waals surface area (Å²) in [4.78, 5) is 2.59. The van der Waals surface area contributed by atoms with Crippen molar-refractivity contribution in [3.05, 3.63) is 35.4 Å². The molecule has 2 atom stereocenters. The van der Waals surface area contributed by atoms with Crippen LogP contribution >= 0.6 is 0 Å². The van der Waals surface area contributed by atoms with Crippen LogP contribution in [-0.4, -0.2) is 28.7 Å². The lowest BCUT2D eigenvalue weighted by molar-refractivity contribution is 0.0953. The molecule has 2 nitrogen and oxygen atoms in total. The van der Waals surface area contributed by atoms with Crippen molar-refractivity contribution in [2.45, 2.75) is 51.7 Å². The number of hydrogen-bond donors (Lipinski definition) is 1. The van der Waals surface area contributed by atoms with E-state index in [0.29, 0.717) is 12.1 Å². The van der Waals surface area contributed by atoms with Crippen LogP contribution in [-0.2, 0) is 6.54 Å². The Morgan fingerprint density at radius 3 is 2.68 bits per heavy atom. The molecule has 0 amide bonds. The number of aliphatic hydroxyl groups excluding tert-OH is 1. The Hall–Kier alpha value is -1.30. The van der Waals surface area contributed by atoms with Gasteiger partial charge in [-0.25, -0.2) is 0 Å². The Balaban J connectivity index is 2.09. The van der Waals surface area contributed by atoms with Crippen molar-refractivity contribution in [3.63, 3.8) is 0 Å². The lowest BCUT2D eigenvalue weighted by Gasteiger charge is -2.39. The van der Waals surface area contributed by atoms with Gasteiger partial charge >= 0.3 is 0 Å². The molecule has 1 fully saturated rings. The molecule has 0 aromatic heterocycles. The van der Waals surface area contributed by atoms with E-state index in [1.54, 1.807) is 0 Å². The number of piperidine rings is 1. The Kier molecular flexibility index (Phi) is 5.01. The van der Waals surface area contributed by atoms with Crippen LogP contribution in [0.3, 0.4) is 0 Å². The van der Waals surface area contributed by atoms with Crippen molar-refractivity contribution in [3.8, 4) is 11.8 Å². The molecule has 1 heterocycles. The maximum Gasteiger partial charge on any atom is 0.104 e. The highest BCUT2D eigenvalue weighted by Crippen LogP contribution is 2.24. The minimum Gasteiger partial charge on any atom is -0.384 e. The molecule has 102 valence electrons. The monoisotopic (exact) mass is 257 g/mol. The molecule has 1 N–H and O–H groups in total. The zero-order chi connectivity index (χ0) is 13.7. The molecule has 1 aliphatic heterocycles. The Morgan fingerprint density at radius 2 is 2.00 bits per heavy atom. The van der Waals surface area contributed by atoms with Crippen LogP contribution in [0.4, 0.5) is 0 Å². The van der Waals surface area contributed by atoms with Gasteiger partial charge in [0, 0.05) is 24.2 Å². The van der Waals surface area contributed by atoms with Crippen LogP contribution in [0.5, 0.6) is 0 Å². The van der Waals surface area contributed by atoms with Gasteiger partial charge in [-0.15, -0.1) is 0 Å². The number of rotatable bonds is 2. The van der Waals surface area contributed by atoms with E-state index in [1.807, 2.05) is 6.07 Å². The number of nitrogens with zero attached hydrogens (tertiary/aromatic N) is 1. The van der Waals surface area contributed by atoms with Gasteiger partial charge in [0.25, 0.3) is 0 Å². The number of benzene rings is 1. The van der Waals surface area contributed by atoms with Crippen molar-refractivity contribution in [1.82, 2.24) is 4.90 Å². The molecule has 0 saturated carbocycles. The minimum atomic E-state index is -0.0789. The van der Waals surface area contributed by atoms with E-state index in [9.17, 15) is 0 Å². The van der Waals surface area contributed by atoms with Gasteiger partial charge in [-0.3, -0.25) is 4.90 Å². The highest BCUT2D eigenvalue weighted by atomic mass is 16.2. The predicted octanol–water partition coefficient (Wildman–Crippen LogP) is 2.79. The zero-order valence-corrected chi connectivity index (χ0v) is 11.9. The summed E-state index contributed by atoms with van der Waals surface area (Å²) in [5.74, 6) is 5.68. The van der Waals surface area contributed by atoms with Crippen LogP contribution in [0.2, 0.25) is 0 Å². The highest BCUT2D eigenvalue weighted by molar-refractivity contribution is 5.37. The van der Waals surface area contributed by atoms with Crippen molar-refractivity contribution in [1.29, 1.82) is 0 Å². The molecule has 0 spiro atoms. The van der Waals surface area contributed by atoms with Gasteiger partial charge in [-0.05, 0) is 44.4 Å². The molecule has 1 saturated heterocycles. The van der Waals surface area contributed by atoms with E-state index >= 15 is 0 Å². The summed E-state index contributed by atoms with van der Waals surface area (Å²) >= 11 is 0. The first kappa shape index (κ1) is 14.1. The van der Waals surface area contributed by atoms with E-state index in [4.69, 9.17) is 5.11 Å². The van der Waals surface area contributed by atoms with Gasteiger partial charge in [0.15, 0.2) is 0 Å². The third kappa shape index (κ3) is 3.83. The predicted molar refractivity (Wildman–Crippen MR) is 78.7 cm³/mol. The lowest BCUT2D eigenvalue weighted by atomic mass is 9.96. The average Bonchev–Trinajstić information content (AvgIpc) is 2.41. The number of aliphatic hydroxyl groups is 1. The second-order valence-corrected chi connectivity index (χ2v) is 5.46. The fourth-order valence-corrected chi connectivity index (χ4v) is 2.89. The van der Waals surface area contributed by atoms with Crippen molar-refractivity contribution < 1.29 is 5.11 Å². The smallest absolute Gasteiger partial charge is 0.104 e. The van der Waals surface area contributed by atoms with Gasteiger partial charge in [0.1, 0.15) is 6.61 Å². The van der Waals surface area contributed by atoms with E-state index < -0.39 is 0 Å². The van der Waals surface area contributed by atoms with E-state index in [-0.39, 0.29) is 6.61 Å². The number of likely N-dealkylation sites (tertiary alicyclic amines) is 1. The quantitative estimate of drug-likeness (QED) is 0.824. The van der Waals surface area contributed by atoms with Crippen LogP contribution in [0.25, 0.3) is 0 Å². The first-order valence-electron chi connectivity index (χ1n) is 7.15. The molecule has 2 rings (SSSR count). The first-order chi connectivity index (χ1) is 9.20. The standard InChI is InChI=1S/C17H23NO/c1-14-6-3-7-15(2)18(14)13-17-9-4-8-16(12-17)10-5-11-19/h4,8-9,12,14-15,19H,3,6-7,11,13H2,1-2H3. The van der Waals surface area contributed by atoms with Gasteiger partial charge in [-0.2, -0.15) is 0 Å². The molecule has 0 aliphatic carbocycles. The maximum atomic E-state index is 8.75. The fraction of sp³-hybridized carbons (Fsp3) is 0.529. The largest absolute Gasteiger partial charge is 0.384 e. The minimum absolute atomic E-state index is 0.0789. The van der Waals surface area contributed by atoms with Crippen LogP contribution in [0.1, 0.15) is 44.2 Å². The normalized spacial score (nSPS) is 23.7. The van der Waals surface area contributed by atoms with Gasteiger partial charge in [-0.1, -0.05) is 30.4 Å². The van der Waals surface area contributed by atoms with Crippen molar-refractivity contribution >= 4 is 0 Å². The van der Waals surface area contributed by atoms with Crippen molar-refractivity contribution in [2.75, 3.05) is 6.61 Å². The topological polar surface area (TPSA) is 23.5 Å². The summed E-state index contributed by atoms with van der Waals surface area (Å²) in [6.45, 7) is 5.57. The molecule has 0 bridgehead atoms. The van der Waals surface area contributed by atoms with Gasteiger partial charge < -0.3 is 5.11 Å². The summed E-state index contributed by atoms with van der Waals surface area (Å²) in [6.07, 6.45) is 3.95. The molecule has 2 heteroatoms. The fourth-order valence-electron chi connectivity index (χ4n) is 2.89. The van der Waals surface area contributed by atoms with Crippen LogP contribution in [0.15, 0.2) is 24.3 Å². The molecular formula is C17H23NO. The summed E-state index contributed by atoms with van der Waals surface area (Å²) in [5, 5.41) is 8.75. The molecule has 1 aromatic rings. The molecule has 2 unspecified atom stereocenters. The second kappa shape index (κ2) is 6.75. The summed E-state index contributed by atoms with van der Waals surface area (Å²) in [7, 11) is 0. The lowest BCUT2D eigenvalue weighted by Crippen LogP contribution is -2.42. The van der Waals surface area contributed by atoms with E-state index in [0.717, 1.165) is 12.1 Å². The van der Waals surface area contributed by atoms with Crippen molar-refractivity contribution in [2.24, 2.45) is 0 Å². The third-order valence-corrected chi connectivity index (χ3v) is 3.98. The summed E-state index contributed by atoms with van der Waals surface area (Å²) < 4.78 is 0. The first-order valence-corrected chi connectivity index (χ1v) is 7.15. The third-order valence-electron chi connectivity index (χ3n) is 3.98. The second-order valence-electron chi connectivity index (χ2n) is 5.46. The molecule has 1 aromatic carbocycles. The Bertz CT molecular complexity index is 462. The van der Waals surface area contributed by atoms with E-state index in [2.05, 4.69) is 48.8 Å². The Morgan fingerprint density at radius 1 is 1.26 bits per heavy atom. The highest BCUT2D eigenvalue weighted by Gasteiger charge is 2.24. The molecule has 1 aliphatic rings. The maximum absolute atomic E-state index is 8.75. The SMILES string of the molecule is CC1CCCC(C)N1Cc1cccc(C#CCO)c1. The Labute approximate surface area is 116 Å². The summed E-state index contributed by atoms with van der Waals surface area (Å²) in [5.41, 5.74) is 2.30. The average molecular weight is 257 g/mol. The molecule has 0 radical (unpaired) electrons. The van der Waals surface area contributed by atoms with Crippen LogP contribution in [0, 0.1) is 11.8 Å². The van der Waals surface area contributed by atoms with E-state index in [1.165, 1.54) is 24.8 Å². The van der Waals surface area contributed by atoms with Gasteiger partial charge in [0.2, 0.25) is 0 Å². The molecule has 19 heavy (non-hydrogen) atoms. The van der Waals surface area contributed by atoms with Crippen LogP contribution < -0.4 is 0 Å². The summed E-state index contributed by atoms with van der Waals surface area (Å²) in [6, 6.07) is 9.67.